The van der Waals surface area contributed by atoms with Crippen LogP contribution in [-0.4, -0.2) is 35.3 Å². The van der Waals surface area contributed by atoms with Gasteiger partial charge in [0.25, 0.3) is 0 Å². The van der Waals surface area contributed by atoms with Crippen molar-refractivity contribution in [2.24, 2.45) is 0 Å². The molecule has 6 nitrogen and oxygen atoms in total. The van der Waals surface area contributed by atoms with Crippen molar-refractivity contribution in [2.75, 3.05) is 24.4 Å². The van der Waals surface area contributed by atoms with Crippen molar-refractivity contribution in [1.29, 1.82) is 0 Å². The summed E-state index contributed by atoms with van der Waals surface area (Å²) in [5.41, 5.74) is 1.77. The van der Waals surface area contributed by atoms with Crippen LogP contribution in [0.4, 0.5) is 5.13 Å². The molecule has 4 rings (SSSR count). The molecule has 0 atom stereocenters. The lowest BCUT2D eigenvalue weighted by atomic mass is 10.2. The summed E-state index contributed by atoms with van der Waals surface area (Å²) in [5.74, 6) is 1.81. The van der Waals surface area contributed by atoms with Gasteiger partial charge in [-0.15, -0.1) is 11.8 Å². The van der Waals surface area contributed by atoms with E-state index >= 15 is 0 Å². The average Bonchev–Trinajstić information content (AvgIpc) is 3.27. The molecule has 0 spiro atoms. The van der Waals surface area contributed by atoms with Gasteiger partial charge >= 0.3 is 0 Å². The van der Waals surface area contributed by atoms with Gasteiger partial charge in [-0.25, -0.2) is 4.98 Å². The topological polar surface area (TPSA) is 64.5 Å². The number of carbonyl (C=O) groups is 1. The largest absolute Gasteiger partial charge is 0.497 e. The Morgan fingerprint density at radius 2 is 1.88 bits per heavy atom. The number of nitrogens with zero attached hydrogens (tertiary/aromatic N) is 3. The van der Waals surface area contributed by atoms with E-state index in [1.807, 2.05) is 61.5 Å². The minimum absolute atomic E-state index is 0.0142. The molecule has 164 valence electrons. The van der Waals surface area contributed by atoms with Crippen LogP contribution in [0, 0.1) is 0 Å². The van der Waals surface area contributed by atoms with Crippen molar-refractivity contribution >= 4 is 44.4 Å². The van der Waals surface area contributed by atoms with Gasteiger partial charge in [-0.3, -0.25) is 14.7 Å². The van der Waals surface area contributed by atoms with Crippen LogP contribution in [0.15, 0.2) is 71.9 Å². The number of pyridine rings is 1. The number of benzene rings is 2. The number of thiazole rings is 1. The Morgan fingerprint density at radius 1 is 1.09 bits per heavy atom. The predicted octanol–water partition coefficient (Wildman–Crippen LogP) is 5.42. The Bertz CT molecular complexity index is 1180. The van der Waals surface area contributed by atoms with Gasteiger partial charge in [0.2, 0.25) is 5.91 Å². The summed E-state index contributed by atoms with van der Waals surface area (Å²) in [6.07, 6.45) is 3.46. The van der Waals surface area contributed by atoms with Gasteiger partial charge in [-0.2, -0.15) is 0 Å². The molecule has 4 aromatic rings. The van der Waals surface area contributed by atoms with E-state index in [1.54, 1.807) is 24.4 Å². The quantitative estimate of drug-likeness (QED) is 0.307. The molecule has 32 heavy (non-hydrogen) atoms. The number of fused-ring (bicyclic) bond motifs is 1. The third-order valence-corrected chi connectivity index (χ3v) is 6.75. The van der Waals surface area contributed by atoms with E-state index in [0.29, 0.717) is 24.0 Å². The highest BCUT2D eigenvalue weighted by Crippen LogP contribution is 2.35. The van der Waals surface area contributed by atoms with Gasteiger partial charge in [-0.05, 0) is 61.0 Å². The maximum atomic E-state index is 13.3. The predicted molar refractivity (Wildman–Crippen MR) is 130 cm³/mol. The van der Waals surface area contributed by atoms with E-state index in [-0.39, 0.29) is 5.91 Å². The van der Waals surface area contributed by atoms with Crippen LogP contribution in [0.1, 0.15) is 12.5 Å². The molecule has 8 heteroatoms. The van der Waals surface area contributed by atoms with Crippen molar-refractivity contribution in [3.63, 3.8) is 0 Å². The summed E-state index contributed by atoms with van der Waals surface area (Å²) in [4.78, 5) is 24.9. The number of anilines is 1. The Balaban J connectivity index is 1.60. The first-order chi connectivity index (χ1) is 15.7. The van der Waals surface area contributed by atoms with Crippen LogP contribution in [0.3, 0.4) is 0 Å². The lowest BCUT2D eigenvalue weighted by Crippen LogP contribution is -2.31. The van der Waals surface area contributed by atoms with E-state index in [1.165, 1.54) is 23.1 Å². The molecule has 2 aromatic heterocycles. The smallest absolute Gasteiger partial charge is 0.239 e. The Labute approximate surface area is 195 Å². The maximum absolute atomic E-state index is 13.3. The van der Waals surface area contributed by atoms with Gasteiger partial charge in [0.15, 0.2) is 5.13 Å². The lowest BCUT2D eigenvalue weighted by Gasteiger charge is -2.20. The zero-order valence-electron chi connectivity index (χ0n) is 17.9. The van der Waals surface area contributed by atoms with Gasteiger partial charge in [0.1, 0.15) is 17.0 Å². The Hall–Kier alpha value is -3.10. The fourth-order valence-corrected chi connectivity index (χ4v) is 4.90. The second-order valence-electron chi connectivity index (χ2n) is 6.83. The highest BCUT2D eigenvalue weighted by atomic mass is 32.2. The average molecular weight is 466 g/mol. The first-order valence-electron chi connectivity index (χ1n) is 10.2. The molecular formula is C24H23N3O3S2. The summed E-state index contributed by atoms with van der Waals surface area (Å²) < 4.78 is 11.9. The lowest BCUT2D eigenvalue weighted by molar-refractivity contribution is -0.116. The fourth-order valence-electron chi connectivity index (χ4n) is 3.13. The first kappa shape index (κ1) is 22.1. The van der Waals surface area contributed by atoms with Crippen LogP contribution >= 0.6 is 23.1 Å². The van der Waals surface area contributed by atoms with Crippen molar-refractivity contribution in [3.05, 3.63) is 72.6 Å². The fraction of sp³-hybridized carbons (Fsp3) is 0.208. The monoisotopic (exact) mass is 465 g/mol. The van der Waals surface area contributed by atoms with Crippen LogP contribution in [0.25, 0.3) is 10.2 Å². The van der Waals surface area contributed by atoms with Crippen molar-refractivity contribution in [1.82, 2.24) is 9.97 Å². The van der Waals surface area contributed by atoms with Crippen LogP contribution in [0.2, 0.25) is 0 Å². The Kier molecular flexibility index (Phi) is 7.24. The zero-order chi connectivity index (χ0) is 22.3. The minimum atomic E-state index is -0.0142. The summed E-state index contributed by atoms with van der Waals surface area (Å²) in [6, 6.07) is 17.4. The number of aromatic nitrogens is 2. The van der Waals surface area contributed by atoms with E-state index in [9.17, 15) is 4.79 Å². The van der Waals surface area contributed by atoms with Crippen LogP contribution < -0.4 is 14.4 Å². The molecule has 0 fully saturated rings. The number of methoxy groups -OCH3 is 1. The molecule has 2 heterocycles. The zero-order valence-corrected chi connectivity index (χ0v) is 19.5. The molecule has 0 bridgehead atoms. The van der Waals surface area contributed by atoms with E-state index in [4.69, 9.17) is 14.5 Å². The maximum Gasteiger partial charge on any atom is 0.239 e. The molecule has 0 aliphatic heterocycles. The number of rotatable bonds is 9. The summed E-state index contributed by atoms with van der Waals surface area (Å²) in [6.45, 7) is 2.93. The third kappa shape index (κ3) is 5.20. The van der Waals surface area contributed by atoms with Crippen molar-refractivity contribution in [2.45, 2.75) is 18.4 Å². The molecule has 2 aromatic carbocycles. The highest BCUT2D eigenvalue weighted by Gasteiger charge is 2.21. The number of para-hydroxylation sites is 1. The molecule has 0 N–H and O–H groups in total. The van der Waals surface area contributed by atoms with Crippen molar-refractivity contribution in [3.8, 4) is 11.5 Å². The number of ether oxygens (including phenoxy) is 2. The molecule has 0 saturated carbocycles. The molecule has 0 aliphatic carbocycles. The van der Waals surface area contributed by atoms with Gasteiger partial charge in [-0.1, -0.05) is 17.4 Å². The van der Waals surface area contributed by atoms with Gasteiger partial charge in [0, 0.05) is 17.3 Å². The summed E-state index contributed by atoms with van der Waals surface area (Å²) in [7, 11) is 1.64. The highest BCUT2D eigenvalue weighted by molar-refractivity contribution is 8.00. The Morgan fingerprint density at radius 3 is 2.59 bits per heavy atom. The second kappa shape index (κ2) is 10.5. The molecule has 1 amide bonds. The first-order valence-corrected chi connectivity index (χ1v) is 12.0. The standard InChI is InChI=1S/C24H23N3O3S2/c1-3-30-20-5-4-6-21-23(20)26-24(32-21)27(15-17-11-13-25-14-12-17)22(28)16-31-19-9-7-18(29-2)8-10-19/h4-14H,3,15-16H2,1-2H3. The molecule has 0 unspecified atom stereocenters. The van der Waals surface area contributed by atoms with E-state index < -0.39 is 0 Å². The number of hydrogen-bond donors (Lipinski definition) is 0. The SMILES string of the molecule is CCOc1cccc2sc(N(Cc3ccncc3)C(=O)CSc3ccc(OC)cc3)nc12. The normalized spacial score (nSPS) is 10.8. The number of carbonyl (C=O) groups excluding carboxylic acids is 1. The van der Waals surface area contributed by atoms with Crippen LogP contribution in [0.5, 0.6) is 11.5 Å². The number of amides is 1. The van der Waals surface area contributed by atoms with E-state index in [0.717, 1.165) is 32.2 Å². The van der Waals surface area contributed by atoms with Crippen molar-refractivity contribution < 1.29 is 14.3 Å². The third-order valence-electron chi connectivity index (χ3n) is 4.71. The van der Waals surface area contributed by atoms with E-state index in [2.05, 4.69) is 4.98 Å². The molecule has 0 aliphatic rings. The minimum Gasteiger partial charge on any atom is -0.497 e. The van der Waals surface area contributed by atoms with Crippen LogP contribution in [-0.2, 0) is 11.3 Å². The molecular weight excluding hydrogens is 442 g/mol. The van der Waals surface area contributed by atoms with Gasteiger partial charge < -0.3 is 9.47 Å². The molecule has 0 saturated heterocycles. The number of thioether (sulfide) groups is 1. The second-order valence-corrected chi connectivity index (χ2v) is 8.89. The molecule has 0 radical (unpaired) electrons. The number of hydrogen-bond acceptors (Lipinski definition) is 7. The summed E-state index contributed by atoms with van der Waals surface area (Å²) >= 11 is 2.98. The summed E-state index contributed by atoms with van der Waals surface area (Å²) in [5, 5.41) is 0.657. The van der Waals surface area contributed by atoms with Gasteiger partial charge in [0.05, 0.1) is 30.7 Å².